The van der Waals surface area contributed by atoms with E-state index in [0.717, 1.165) is 5.41 Å². The zero-order valence-corrected chi connectivity index (χ0v) is 22.8. The summed E-state index contributed by atoms with van der Waals surface area (Å²) in [6.07, 6.45) is 5.58. The number of hydrogen-bond acceptors (Lipinski definition) is 9. The number of carbonyl (C=O) groups excluding carboxylic acids is 1. The number of halogens is 1. The number of sulfone groups is 1. The zero-order valence-electron chi connectivity index (χ0n) is 21.2. The molecule has 0 aliphatic carbocycles. The number of hydrogen-bond donors (Lipinski definition) is 1. The molecular weight excluding hydrogens is 532 g/mol. The highest BCUT2D eigenvalue weighted by Crippen LogP contribution is 2.35. The molecular formula is C27H27ClN2O7S. The van der Waals surface area contributed by atoms with Gasteiger partial charge in [-0.2, -0.15) is 0 Å². The fraction of sp³-hybridized carbons (Fsp3) is 0.185. The number of benzene rings is 2. The number of anilines is 1. The first-order valence-corrected chi connectivity index (χ1v) is 13.3. The summed E-state index contributed by atoms with van der Waals surface area (Å²) in [5.74, 6) is 0.957. The Hall–Kier alpha value is -4.02. The molecule has 0 atom stereocenters. The van der Waals surface area contributed by atoms with Crippen LogP contribution in [0, 0.1) is 0 Å². The number of methoxy groups -OCH3 is 4. The van der Waals surface area contributed by atoms with Crippen LogP contribution in [0.4, 0.5) is 5.69 Å². The van der Waals surface area contributed by atoms with Gasteiger partial charge in [0.15, 0.2) is 15.6 Å². The molecule has 0 saturated carbocycles. The molecule has 0 fully saturated rings. The summed E-state index contributed by atoms with van der Waals surface area (Å²) >= 11 is 5.86. The van der Waals surface area contributed by atoms with E-state index in [9.17, 15) is 13.2 Å². The fourth-order valence-corrected chi connectivity index (χ4v) is 4.60. The number of allylic oxidation sites excluding steroid dienone is 1. The monoisotopic (exact) mass is 558 g/mol. The van der Waals surface area contributed by atoms with Crippen molar-refractivity contribution >= 4 is 39.0 Å². The van der Waals surface area contributed by atoms with E-state index in [2.05, 4.69) is 10.3 Å². The molecule has 38 heavy (non-hydrogen) atoms. The topological polar surface area (TPSA) is 113 Å². The quantitative estimate of drug-likeness (QED) is 0.238. The lowest BCUT2D eigenvalue weighted by Crippen LogP contribution is -2.04. The maximum absolute atomic E-state index is 12.9. The summed E-state index contributed by atoms with van der Waals surface area (Å²) in [5, 5.41) is 4.54. The van der Waals surface area contributed by atoms with Gasteiger partial charge in [-0.3, -0.25) is 4.79 Å². The number of nitrogens with one attached hydrogen (secondary N) is 1. The Morgan fingerprint density at radius 3 is 2.21 bits per heavy atom. The van der Waals surface area contributed by atoms with Gasteiger partial charge >= 0.3 is 0 Å². The minimum Gasteiger partial charge on any atom is -0.496 e. The Kier molecular flexibility index (Phi) is 9.75. The Balaban J connectivity index is 1.78. The Labute approximate surface area is 226 Å². The van der Waals surface area contributed by atoms with Crippen molar-refractivity contribution in [1.82, 2.24) is 4.98 Å². The van der Waals surface area contributed by atoms with Gasteiger partial charge in [0, 0.05) is 46.6 Å². The first kappa shape index (κ1) is 28.5. The number of nitrogens with zero attached hydrogens (tertiary/aromatic N) is 1. The van der Waals surface area contributed by atoms with Crippen molar-refractivity contribution < 1.29 is 32.2 Å². The Morgan fingerprint density at radius 2 is 1.63 bits per heavy atom. The van der Waals surface area contributed by atoms with Crippen molar-refractivity contribution in [3.63, 3.8) is 0 Å². The van der Waals surface area contributed by atoms with Gasteiger partial charge in [0.25, 0.3) is 0 Å². The van der Waals surface area contributed by atoms with E-state index in [-0.39, 0.29) is 17.4 Å². The summed E-state index contributed by atoms with van der Waals surface area (Å²) in [6.45, 7) is 0. The highest BCUT2D eigenvalue weighted by molar-refractivity contribution is 7.93. The molecule has 200 valence electrons. The molecule has 0 amide bonds. The van der Waals surface area contributed by atoms with Crippen LogP contribution in [0.15, 0.2) is 66.3 Å². The molecule has 0 saturated heterocycles. The van der Waals surface area contributed by atoms with Crippen LogP contribution in [0.1, 0.15) is 21.5 Å². The van der Waals surface area contributed by atoms with Crippen LogP contribution in [0.3, 0.4) is 0 Å². The Morgan fingerprint density at radius 1 is 0.974 bits per heavy atom. The summed E-state index contributed by atoms with van der Waals surface area (Å²) < 4.78 is 47.0. The van der Waals surface area contributed by atoms with Crippen molar-refractivity contribution in [2.45, 2.75) is 5.75 Å². The maximum Gasteiger partial charge on any atom is 0.237 e. The van der Waals surface area contributed by atoms with Gasteiger partial charge in [0.05, 0.1) is 39.8 Å². The number of pyridine rings is 1. The van der Waals surface area contributed by atoms with Crippen molar-refractivity contribution in [3.8, 4) is 23.1 Å². The normalized spacial score (nSPS) is 11.5. The molecule has 2 aromatic carbocycles. The number of rotatable bonds is 12. The number of ether oxygens (including phenoxy) is 4. The van der Waals surface area contributed by atoms with Gasteiger partial charge in [-0.15, -0.1) is 0 Å². The van der Waals surface area contributed by atoms with Crippen molar-refractivity contribution in [2.75, 3.05) is 33.8 Å². The van der Waals surface area contributed by atoms with Gasteiger partial charge in [-0.25, -0.2) is 13.4 Å². The van der Waals surface area contributed by atoms with Gasteiger partial charge in [0.1, 0.15) is 22.9 Å². The average Bonchev–Trinajstić information content (AvgIpc) is 2.91. The van der Waals surface area contributed by atoms with Crippen molar-refractivity contribution in [1.29, 1.82) is 0 Å². The van der Waals surface area contributed by atoms with Gasteiger partial charge in [-0.05, 0) is 42.0 Å². The first-order chi connectivity index (χ1) is 18.2. The maximum atomic E-state index is 12.9. The largest absolute Gasteiger partial charge is 0.496 e. The molecule has 0 bridgehead atoms. The second-order valence-corrected chi connectivity index (χ2v) is 10.1. The third-order valence-corrected chi connectivity index (χ3v) is 6.80. The average molecular weight is 559 g/mol. The highest BCUT2D eigenvalue weighted by Gasteiger charge is 2.15. The molecule has 1 aromatic heterocycles. The molecule has 9 nitrogen and oxygen atoms in total. The highest BCUT2D eigenvalue weighted by atomic mass is 35.5. The first-order valence-electron chi connectivity index (χ1n) is 11.2. The van der Waals surface area contributed by atoms with Crippen molar-refractivity contribution in [3.05, 3.63) is 88.1 Å². The van der Waals surface area contributed by atoms with Gasteiger partial charge in [0.2, 0.25) is 5.88 Å². The van der Waals surface area contributed by atoms with Crippen LogP contribution in [0.5, 0.6) is 23.1 Å². The number of aromatic nitrogens is 1. The lowest BCUT2D eigenvalue weighted by molar-refractivity contribution is 0.104. The second-order valence-electron chi connectivity index (χ2n) is 7.80. The summed E-state index contributed by atoms with van der Waals surface area (Å²) in [5.41, 5.74) is 1.71. The molecule has 1 heterocycles. The minimum absolute atomic E-state index is 0.234. The minimum atomic E-state index is -3.72. The lowest BCUT2D eigenvalue weighted by atomic mass is 10.1. The van der Waals surface area contributed by atoms with Crippen molar-refractivity contribution in [2.24, 2.45) is 0 Å². The van der Waals surface area contributed by atoms with Crippen LogP contribution in [-0.4, -0.2) is 47.6 Å². The van der Waals surface area contributed by atoms with E-state index >= 15 is 0 Å². The fourth-order valence-electron chi connectivity index (χ4n) is 3.41. The number of carbonyl (C=O) groups is 1. The molecule has 11 heteroatoms. The predicted octanol–water partition coefficient (Wildman–Crippen LogP) is 5.16. The van der Waals surface area contributed by atoms with Crippen LogP contribution >= 0.6 is 11.6 Å². The predicted molar refractivity (Wildman–Crippen MR) is 147 cm³/mol. The van der Waals surface area contributed by atoms with Crippen LogP contribution in [0.2, 0.25) is 5.02 Å². The van der Waals surface area contributed by atoms with Crippen LogP contribution < -0.4 is 24.3 Å². The molecule has 0 unspecified atom stereocenters. The van der Waals surface area contributed by atoms with E-state index in [1.54, 1.807) is 42.5 Å². The standard InChI is InChI=1S/C27H27ClN2O7S/c1-34-21-14-25(35-2)22(26(15-21)36-3)10-12-38(32,33)17-18-13-23(27(37-4)30-16-18)29-11-9-24(31)19-5-7-20(28)8-6-19/h5-16,29H,17H2,1-4H3/b11-9+,12-10+. The Bertz CT molecular complexity index is 1430. The van der Waals surface area contributed by atoms with E-state index in [0.29, 0.717) is 44.6 Å². The summed E-state index contributed by atoms with van der Waals surface area (Å²) in [6, 6.07) is 11.3. The molecule has 0 aliphatic heterocycles. The zero-order chi connectivity index (χ0) is 27.7. The smallest absolute Gasteiger partial charge is 0.237 e. The third-order valence-electron chi connectivity index (χ3n) is 5.27. The summed E-state index contributed by atoms with van der Waals surface area (Å²) in [4.78, 5) is 16.5. The van der Waals surface area contributed by atoms with Crippen LogP contribution in [0.25, 0.3) is 6.08 Å². The summed E-state index contributed by atoms with van der Waals surface area (Å²) in [7, 11) is 2.15. The molecule has 0 radical (unpaired) electrons. The van der Waals surface area contributed by atoms with E-state index in [1.807, 2.05) is 0 Å². The molecule has 0 aliphatic rings. The second kappa shape index (κ2) is 13.0. The molecule has 0 spiro atoms. The lowest BCUT2D eigenvalue weighted by Gasteiger charge is -2.12. The van der Waals surface area contributed by atoms with Crippen LogP contribution in [-0.2, 0) is 15.6 Å². The van der Waals surface area contributed by atoms with E-state index < -0.39 is 9.84 Å². The third kappa shape index (κ3) is 7.50. The SMILES string of the molecule is COc1cc(OC)c(/C=C/S(=O)(=O)Cc2cnc(OC)c(N/C=C/C(=O)c3ccc(Cl)cc3)c2)c(OC)c1. The number of ketones is 1. The van der Waals surface area contributed by atoms with Gasteiger partial charge in [-0.1, -0.05) is 11.6 Å². The van der Waals surface area contributed by atoms with E-state index in [1.165, 1.54) is 53.0 Å². The molecule has 3 rings (SSSR count). The van der Waals surface area contributed by atoms with Gasteiger partial charge < -0.3 is 24.3 Å². The molecule has 3 aromatic rings. The molecule has 1 N–H and O–H groups in total. The van der Waals surface area contributed by atoms with E-state index in [4.69, 9.17) is 30.5 Å².